The number of benzene rings is 1. The third-order valence-corrected chi connectivity index (χ3v) is 2.71. The highest BCUT2D eigenvalue weighted by Gasteiger charge is 2.01. The summed E-state index contributed by atoms with van der Waals surface area (Å²) in [6, 6.07) is 8.38. The van der Waals surface area contributed by atoms with Gasteiger partial charge < -0.3 is 10.1 Å². The number of hydrogen-bond donors (Lipinski definition) is 1. The Kier molecular flexibility index (Phi) is 5.98. The summed E-state index contributed by atoms with van der Waals surface area (Å²) in [5, 5.41) is 3.24. The highest BCUT2D eigenvalue weighted by atomic mass is 16.5. The molecule has 0 amide bonds. The molecule has 0 aliphatic heterocycles. The van der Waals surface area contributed by atoms with E-state index in [4.69, 9.17) is 0 Å². The van der Waals surface area contributed by atoms with Crippen LogP contribution in [0.15, 0.2) is 35.9 Å². The number of hydrogen-bond acceptors (Lipinski definition) is 3. The summed E-state index contributed by atoms with van der Waals surface area (Å²) in [6.07, 6.45) is 4.10. The average Bonchev–Trinajstić information content (AvgIpc) is 2.40. The Hall–Kier alpha value is -1.77. The third kappa shape index (κ3) is 4.62. The molecule has 0 bridgehead atoms. The van der Waals surface area contributed by atoms with Crippen LogP contribution in [0.1, 0.15) is 25.8 Å². The predicted octanol–water partition coefficient (Wildman–Crippen LogP) is 3.17. The number of rotatable bonds is 6. The van der Waals surface area contributed by atoms with E-state index in [-0.39, 0.29) is 5.97 Å². The second-order valence-electron chi connectivity index (χ2n) is 4.21. The smallest absolute Gasteiger partial charge is 0.333 e. The maximum absolute atomic E-state index is 11.2. The van der Waals surface area contributed by atoms with Gasteiger partial charge in [0.15, 0.2) is 0 Å². The standard InChI is InChI=1S/C15H21NO2/c1-4-5-13-6-8-14(9-7-13)16-11-10-12(2)15(17)18-3/h6-10,16H,4-5,11H2,1-3H3/b12-10-. The van der Waals surface area contributed by atoms with E-state index < -0.39 is 0 Å². The molecule has 0 saturated carbocycles. The van der Waals surface area contributed by atoms with Crippen LogP contribution in [0.4, 0.5) is 5.69 Å². The summed E-state index contributed by atoms with van der Waals surface area (Å²) in [4.78, 5) is 11.2. The first-order valence-corrected chi connectivity index (χ1v) is 6.25. The Balaban J connectivity index is 2.46. The topological polar surface area (TPSA) is 38.3 Å². The van der Waals surface area contributed by atoms with Gasteiger partial charge in [0.2, 0.25) is 0 Å². The molecule has 98 valence electrons. The summed E-state index contributed by atoms with van der Waals surface area (Å²) in [6.45, 7) is 4.54. The highest BCUT2D eigenvalue weighted by molar-refractivity contribution is 5.87. The molecule has 1 aromatic rings. The Morgan fingerprint density at radius 3 is 2.56 bits per heavy atom. The van der Waals surface area contributed by atoms with Crippen molar-refractivity contribution < 1.29 is 9.53 Å². The van der Waals surface area contributed by atoms with E-state index in [0.717, 1.165) is 18.5 Å². The molecule has 0 aromatic heterocycles. The number of methoxy groups -OCH3 is 1. The lowest BCUT2D eigenvalue weighted by Crippen LogP contribution is -2.05. The van der Waals surface area contributed by atoms with Gasteiger partial charge in [-0.1, -0.05) is 31.6 Å². The summed E-state index contributed by atoms with van der Waals surface area (Å²) in [5.41, 5.74) is 3.03. The molecule has 0 aliphatic carbocycles. The van der Waals surface area contributed by atoms with Crippen molar-refractivity contribution in [3.8, 4) is 0 Å². The lowest BCUT2D eigenvalue weighted by Gasteiger charge is -2.05. The second kappa shape index (κ2) is 7.54. The van der Waals surface area contributed by atoms with E-state index >= 15 is 0 Å². The van der Waals surface area contributed by atoms with Crippen molar-refractivity contribution in [3.05, 3.63) is 41.5 Å². The number of esters is 1. The van der Waals surface area contributed by atoms with Gasteiger partial charge in [-0.2, -0.15) is 0 Å². The van der Waals surface area contributed by atoms with E-state index in [0.29, 0.717) is 12.1 Å². The van der Waals surface area contributed by atoms with Crippen LogP contribution in [0.5, 0.6) is 0 Å². The van der Waals surface area contributed by atoms with Gasteiger partial charge >= 0.3 is 5.97 Å². The molecule has 0 spiro atoms. The zero-order chi connectivity index (χ0) is 13.4. The van der Waals surface area contributed by atoms with Gasteiger partial charge in [0.25, 0.3) is 0 Å². The highest BCUT2D eigenvalue weighted by Crippen LogP contribution is 2.10. The summed E-state index contributed by atoms with van der Waals surface area (Å²) >= 11 is 0. The van der Waals surface area contributed by atoms with Crippen LogP contribution in [-0.2, 0) is 16.0 Å². The molecule has 1 N–H and O–H groups in total. The number of aryl methyl sites for hydroxylation is 1. The maximum atomic E-state index is 11.2. The molecule has 1 aromatic carbocycles. The quantitative estimate of drug-likeness (QED) is 0.620. The molecule has 0 atom stereocenters. The molecule has 0 saturated heterocycles. The number of ether oxygens (including phenoxy) is 1. The molecule has 18 heavy (non-hydrogen) atoms. The number of anilines is 1. The Labute approximate surface area is 109 Å². The third-order valence-electron chi connectivity index (χ3n) is 2.71. The first kappa shape index (κ1) is 14.3. The molecule has 0 heterocycles. The fraction of sp³-hybridized carbons (Fsp3) is 0.400. The Bertz CT molecular complexity index is 407. The van der Waals surface area contributed by atoms with Crippen molar-refractivity contribution >= 4 is 11.7 Å². The lowest BCUT2D eigenvalue weighted by molar-refractivity contribution is -0.136. The van der Waals surface area contributed by atoms with E-state index in [1.807, 2.05) is 6.08 Å². The van der Waals surface area contributed by atoms with Crippen molar-refractivity contribution in [2.45, 2.75) is 26.7 Å². The summed E-state index contributed by atoms with van der Waals surface area (Å²) in [7, 11) is 1.39. The number of carbonyl (C=O) groups is 1. The van der Waals surface area contributed by atoms with Gasteiger partial charge in [-0.05, 0) is 31.0 Å². The van der Waals surface area contributed by atoms with Crippen molar-refractivity contribution in [1.82, 2.24) is 0 Å². The largest absolute Gasteiger partial charge is 0.466 e. The van der Waals surface area contributed by atoms with Crippen molar-refractivity contribution in [2.75, 3.05) is 19.0 Å². The van der Waals surface area contributed by atoms with Crippen LogP contribution in [0.2, 0.25) is 0 Å². The van der Waals surface area contributed by atoms with E-state index in [2.05, 4.69) is 41.2 Å². The zero-order valence-corrected chi connectivity index (χ0v) is 11.3. The minimum absolute atomic E-state index is 0.282. The van der Waals surface area contributed by atoms with E-state index in [9.17, 15) is 4.79 Å². The Morgan fingerprint density at radius 2 is 2.00 bits per heavy atom. The molecule has 0 aliphatic rings. The van der Waals surface area contributed by atoms with Gasteiger partial charge in [0.05, 0.1) is 7.11 Å². The minimum atomic E-state index is -0.282. The van der Waals surface area contributed by atoms with Crippen LogP contribution < -0.4 is 5.32 Å². The number of carbonyl (C=O) groups excluding carboxylic acids is 1. The van der Waals surface area contributed by atoms with Crippen molar-refractivity contribution in [1.29, 1.82) is 0 Å². The molecular formula is C15H21NO2. The normalized spacial score (nSPS) is 11.2. The molecule has 1 rings (SSSR count). The minimum Gasteiger partial charge on any atom is -0.466 e. The van der Waals surface area contributed by atoms with Gasteiger partial charge in [-0.15, -0.1) is 0 Å². The fourth-order valence-corrected chi connectivity index (χ4v) is 1.64. The zero-order valence-electron chi connectivity index (χ0n) is 11.3. The van der Waals surface area contributed by atoms with Crippen LogP contribution in [-0.4, -0.2) is 19.6 Å². The second-order valence-corrected chi connectivity index (χ2v) is 4.21. The lowest BCUT2D eigenvalue weighted by atomic mass is 10.1. The monoisotopic (exact) mass is 247 g/mol. The Morgan fingerprint density at radius 1 is 1.33 bits per heavy atom. The molecule has 3 nitrogen and oxygen atoms in total. The van der Waals surface area contributed by atoms with Crippen LogP contribution in [0.25, 0.3) is 0 Å². The molecule has 0 fully saturated rings. The first-order valence-electron chi connectivity index (χ1n) is 6.25. The van der Waals surface area contributed by atoms with Gasteiger partial charge in [0, 0.05) is 17.8 Å². The number of nitrogens with one attached hydrogen (secondary N) is 1. The molecule has 3 heteroatoms. The first-order chi connectivity index (χ1) is 8.67. The molecular weight excluding hydrogens is 226 g/mol. The molecule has 0 radical (unpaired) electrons. The van der Waals surface area contributed by atoms with Crippen molar-refractivity contribution in [3.63, 3.8) is 0 Å². The van der Waals surface area contributed by atoms with E-state index in [1.165, 1.54) is 12.7 Å². The van der Waals surface area contributed by atoms with Gasteiger partial charge in [0.1, 0.15) is 0 Å². The van der Waals surface area contributed by atoms with E-state index in [1.54, 1.807) is 6.92 Å². The predicted molar refractivity (Wildman–Crippen MR) is 74.7 cm³/mol. The van der Waals surface area contributed by atoms with Crippen LogP contribution in [0, 0.1) is 0 Å². The average molecular weight is 247 g/mol. The maximum Gasteiger partial charge on any atom is 0.333 e. The SMILES string of the molecule is CCCc1ccc(NC/C=C(/C)C(=O)OC)cc1. The van der Waals surface area contributed by atoms with Crippen molar-refractivity contribution in [2.24, 2.45) is 0 Å². The summed E-state index contributed by atoms with van der Waals surface area (Å²) < 4.78 is 4.62. The van der Waals surface area contributed by atoms with Crippen LogP contribution >= 0.6 is 0 Å². The van der Waals surface area contributed by atoms with Crippen LogP contribution in [0.3, 0.4) is 0 Å². The fourth-order valence-electron chi connectivity index (χ4n) is 1.64. The van der Waals surface area contributed by atoms with Gasteiger partial charge in [-0.3, -0.25) is 0 Å². The van der Waals surface area contributed by atoms with Gasteiger partial charge in [-0.25, -0.2) is 4.79 Å². The summed E-state index contributed by atoms with van der Waals surface area (Å²) in [5.74, 6) is -0.282. The molecule has 0 unspecified atom stereocenters.